The van der Waals surface area contributed by atoms with Crippen LogP contribution in [0, 0.1) is 20.8 Å². The van der Waals surface area contributed by atoms with Crippen LogP contribution in [-0.4, -0.2) is 18.4 Å². The van der Waals surface area contributed by atoms with Crippen molar-refractivity contribution in [2.75, 3.05) is 11.4 Å². The molecule has 0 saturated carbocycles. The molecule has 0 spiro atoms. The van der Waals surface area contributed by atoms with E-state index in [0.29, 0.717) is 12.2 Å². The summed E-state index contributed by atoms with van der Waals surface area (Å²) in [6, 6.07) is 11.6. The van der Waals surface area contributed by atoms with Crippen molar-refractivity contribution in [3.05, 3.63) is 58.7 Å². The van der Waals surface area contributed by atoms with Gasteiger partial charge < -0.3 is 9.64 Å². The van der Waals surface area contributed by atoms with Crippen molar-refractivity contribution in [1.29, 1.82) is 0 Å². The lowest BCUT2D eigenvalue weighted by Crippen LogP contribution is -2.23. The second-order valence-electron chi connectivity index (χ2n) is 6.62. The zero-order chi connectivity index (χ0) is 18.0. The average Bonchev–Trinajstić information content (AvgIpc) is 3.02. The van der Waals surface area contributed by atoms with Crippen LogP contribution >= 0.6 is 0 Å². The lowest BCUT2D eigenvalue weighted by molar-refractivity contribution is -0.133. The molecule has 1 aliphatic rings. The van der Waals surface area contributed by atoms with Gasteiger partial charge in [-0.25, -0.2) is 0 Å². The summed E-state index contributed by atoms with van der Waals surface area (Å²) in [6.45, 7) is 6.68. The number of benzene rings is 2. The first-order valence-corrected chi connectivity index (χ1v) is 8.62. The first kappa shape index (κ1) is 17.2. The molecule has 0 aliphatic carbocycles. The molecule has 2 aromatic carbocycles. The Hall–Kier alpha value is -2.62. The summed E-state index contributed by atoms with van der Waals surface area (Å²) in [5.74, 6) is 0.545. The van der Waals surface area contributed by atoms with Crippen LogP contribution in [0.3, 0.4) is 0 Å². The molecule has 1 heterocycles. The van der Waals surface area contributed by atoms with Crippen molar-refractivity contribution in [3.63, 3.8) is 0 Å². The molecule has 2 aromatic rings. The van der Waals surface area contributed by atoms with E-state index >= 15 is 0 Å². The quantitative estimate of drug-likeness (QED) is 0.628. The summed E-state index contributed by atoms with van der Waals surface area (Å²) in [5, 5.41) is 0. The Balaban J connectivity index is 1.67. The van der Waals surface area contributed by atoms with Gasteiger partial charge in [0, 0.05) is 18.7 Å². The summed E-state index contributed by atoms with van der Waals surface area (Å²) in [5.41, 5.74) is 4.83. The Kier molecular flexibility index (Phi) is 4.88. The highest BCUT2D eigenvalue weighted by Gasteiger charge is 2.21. The molecule has 4 nitrogen and oxygen atoms in total. The van der Waals surface area contributed by atoms with Gasteiger partial charge in [0.25, 0.3) is 0 Å². The molecule has 1 fully saturated rings. The predicted octanol–water partition coefficient (Wildman–Crippen LogP) is 3.89. The van der Waals surface area contributed by atoms with Crippen molar-refractivity contribution in [1.82, 2.24) is 0 Å². The molecule has 0 radical (unpaired) electrons. The average molecular weight is 337 g/mol. The third-order valence-electron chi connectivity index (χ3n) is 4.76. The molecule has 0 N–H and O–H groups in total. The number of amides is 1. The van der Waals surface area contributed by atoms with E-state index in [4.69, 9.17) is 4.74 Å². The fourth-order valence-corrected chi connectivity index (χ4v) is 3.11. The van der Waals surface area contributed by atoms with Gasteiger partial charge in [-0.3, -0.25) is 9.59 Å². The number of nitrogens with zero attached hydrogens (tertiary/aromatic N) is 1. The normalized spacial score (nSPS) is 14.0. The Morgan fingerprint density at radius 1 is 1.04 bits per heavy atom. The number of aryl methyl sites for hydroxylation is 2. The maximum absolute atomic E-state index is 12.3. The lowest BCUT2D eigenvalue weighted by Gasteiger charge is -2.16. The Labute approximate surface area is 148 Å². The van der Waals surface area contributed by atoms with Crippen molar-refractivity contribution in [2.45, 2.75) is 40.0 Å². The lowest BCUT2D eigenvalue weighted by atomic mass is 10.1. The molecule has 25 heavy (non-hydrogen) atoms. The fraction of sp³-hybridized carbons (Fsp3) is 0.333. The molecular formula is C21H23NO3. The van der Waals surface area contributed by atoms with Crippen LogP contribution < -0.4 is 9.64 Å². The maximum Gasteiger partial charge on any atom is 0.315 e. The smallest absolute Gasteiger partial charge is 0.315 e. The second kappa shape index (κ2) is 7.09. The van der Waals surface area contributed by atoms with E-state index in [2.05, 4.69) is 0 Å². The van der Waals surface area contributed by atoms with Crippen molar-refractivity contribution in [3.8, 4) is 5.75 Å². The fourth-order valence-electron chi connectivity index (χ4n) is 3.11. The predicted molar refractivity (Wildman–Crippen MR) is 98.0 cm³/mol. The van der Waals surface area contributed by atoms with Crippen LogP contribution in [0.15, 0.2) is 36.4 Å². The number of rotatable bonds is 4. The zero-order valence-corrected chi connectivity index (χ0v) is 15.0. The summed E-state index contributed by atoms with van der Waals surface area (Å²) in [7, 11) is 0. The first-order valence-electron chi connectivity index (χ1n) is 8.62. The minimum Gasteiger partial charge on any atom is -0.426 e. The number of hydrogen-bond acceptors (Lipinski definition) is 3. The summed E-state index contributed by atoms with van der Waals surface area (Å²) >= 11 is 0. The Morgan fingerprint density at radius 3 is 2.36 bits per heavy atom. The highest BCUT2D eigenvalue weighted by atomic mass is 16.5. The molecule has 1 saturated heterocycles. The number of ether oxygens (including phenoxy) is 1. The van der Waals surface area contributed by atoms with Gasteiger partial charge in [0.1, 0.15) is 5.75 Å². The Morgan fingerprint density at radius 2 is 1.72 bits per heavy atom. The van der Waals surface area contributed by atoms with E-state index in [1.54, 1.807) is 4.90 Å². The van der Waals surface area contributed by atoms with Gasteiger partial charge in [-0.1, -0.05) is 24.3 Å². The van der Waals surface area contributed by atoms with E-state index in [1.807, 2.05) is 57.2 Å². The second-order valence-corrected chi connectivity index (χ2v) is 6.62. The van der Waals surface area contributed by atoms with Gasteiger partial charge in [0.15, 0.2) is 0 Å². The third-order valence-corrected chi connectivity index (χ3v) is 4.76. The number of anilines is 1. The topological polar surface area (TPSA) is 46.6 Å². The highest BCUT2D eigenvalue weighted by molar-refractivity contribution is 5.95. The van der Waals surface area contributed by atoms with Gasteiger partial charge >= 0.3 is 5.97 Å². The number of carbonyl (C=O) groups excluding carboxylic acids is 2. The summed E-state index contributed by atoms with van der Waals surface area (Å²) in [4.78, 5) is 25.9. The monoisotopic (exact) mass is 337 g/mol. The van der Waals surface area contributed by atoms with Crippen LogP contribution in [0.1, 0.15) is 35.1 Å². The first-order chi connectivity index (χ1) is 12.0. The van der Waals surface area contributed by atoms with Gasteiger partial charge in [0.05, 0.1) is 6.42 Å². The summed E-state index contributed by atoms with van der Waals surface area (Å²) in [6.07, 6.45) is 1.73. The van der Waals surface area contributed by atoms with E-state index in [1.165, 1.54) is 0 Å². The third kappa shape index (κ3) is 3.73. The number of esters is 1. The molecule has 3 rings (SSSR count). The van der Waals surface area contributed by atoms with E-state index < -0.39 is 0 Å². The SMILES string of the molecule is Cc1ccc(C)c(OC(=O)Cc2ccc(N3CCCC3=O)cc2)c1C. The minimum atomic E-state index is -0.276. The van der Waals surface area contributed by atoms with Crippen LogP contribution in [0.2, 0.25) is 0 Å². The molecule has 1 amide bonds. The van der Waals surface area contributed by atoms with E-state index in [9.17, 15) is 9.59 Å². The van der Waals surface area contributed by atoms with Crippen LogP contribution in [0.5, 0.6) is 5.75 Å². The van der Waals surface area contributed by atoms with Crippen molar-refractivity contribution < 1.29 is 14.3 Å². The molecule has 4 heteroatoms. The van der Waals surface area contributed by atoms with Gasteiger partial charge in [-0.2, -0.15) is 0 Å². The largest absolute Gasteiger partial charge is 0.426 e. The summed E-state index contributed by atoms with van der Waals surface area (Å²) < 4.78 is 5.60. The molecule has 0 aromatic heterocycles. The van der Waals surface area contributed by atoms with Gasteiger partial charge in [0.2, 0.25) is 5.91 Å². The van der Waals surface area contributed by atoms with Crippen molar-refractivity contribution in [2.24, 2.45) is 0 Å². The van der Waals surface area contributed by atoms with E-state index in [-0.39, 0.29) is 18.3 Å². The molecule has 0 atom stereocenters. The minimum absolute atomic E-state index is 0.164. The van der Waals surface area contributed by atoms with Crippen LogP contribution in [0.4, 0.5) is 5.69 Å². The number of carbonyl (C=O) groups is 2. The Bertz CT molecular complexity index is 809. The van der Waals surface area contributed by atoms with Crippen LogP contribution in [-0.2, 0) is 16.0 Å². The number of hydrogen-bond donors (Lipinski definition) is 0. The van der Waals surface area contributed by atoms with Crippen molar-refractivity contribution >= 4 is 17.6 Å². The molecular weight excluding hydrogens is 314 g/mol. The molecule has 0 unspecified atom stereocenters. The maximum atomic E-state index is 12.3. The van der Waals surface area contributed by atoms with E-state index in [0.717, 1.165) is 40.9 Å². The molecule has 130 valence electrons. The zero-order valence-electron chi connectivity index (χ0n) is 15.0. The van der Waals surface area contributed by atoms with Crippen LogP contribution in [0.25, 0.3) is 0 Å². The standard InChI is InChI=1S/C21H23NO3/c1-14-6-7-15(2)21(16(14)3)25-20(24)13-17-8-10-18(11-9-17)22-12-4-5-19(22)23/h6-11H,4-5,12-13H2,1-3H3. The molecule has 0 bridgehead atoms. The van der Waals surface area contributed by atoms with Gasteiger partial charge in [-0.05, 0) is 61.6 Å². The van der Waals surface area contributed by atoms with Gasteiger partial charge in [-0.15, -0.1) is 0 Å². The highest BCUT2D eigenvalue weighted by Crippen LogP contribution is 2.26. The molecule has 1 aliphatic heterocycles.